The number of amides is 2. The highest BCUT2D eigenvalue weighted by atomic mass is 16.3. The molecule has 2 N–H and O–H groups in total. The summed E-state index contributed by atoms with van der Waals surface area (Å²) in [5.74, 6) is 0.670. The number of nitrogens with one attached hydrogen (secondary N) is 2. The van der Waals surface area contributed by atoms with Gasteiger partial charge in [0.25, 0.3) is 11.8 Å². The van der Waals surface area contributed by atoms with Gasteiger partial charge in [-0.3, -0.25) is 9.59 Å². The van der Waals surface area contributed by atoms with Crippen LogP contribution in [0.25, 0.3) is 6.08 Å². The van der Waals surface area contributed by atoms with Gasteiger partial charge in [-0.15, -0.1) is 0 Å². The van der Waals surface area contributed by atoms with E-state index in [0.29, 0.717) is 17.9 Å². The summed E-state index contributed by atoms with van der Waals surface area (Å²) in [6.45, 7) is 8.05. The van der Waals surface area contributed by atoms with Crippen LogP contribution in [0.2, 0.25) is 0 Å². The molecule has 0 atom stereocenters. The first kappa shape index (κ1) is 21.8. The van der Waals surface area contributed by atoms with Crippen LogP contribution in [0.5, 0.6) is 0 Å². The molecule has 0 bridgehead atoms. The van der Waals surface area contributed by atoms with E-state index in [-0.39, 0.29) is 17.5 Å². The fourth-order valence-corrected chi connectivity index (χ4v) is 3.46. The number of likely N-dealkylation sites (tertiary alicyclic amines) is 1. The molecule has 0 radical (unpaired) electrons. The van der Waals surface area contributed by atoms with Crippen molar-refractivity contribution in [2.45, 2.75) is 33.1 Å². The van der Waals surface area contributed by atoms with Gasteiger partial charge in [-0.1, -0.05) is 24.6 Å². The lowest BCUT2D eigenvalue weighted by molar-refractivity contribution is -0.117. The van der Waals surface area contributed by atoms with Gasteiger partial charge in [-0.25, -0.2) is 0 Å². The van der Waals surface area contributed by atoms with E-state index in [9.17, 15) is 9.59 Å². The van der Waals surface area contributed by atoms with Crippen molar-refractivity contribution >= 4 is 17.9 Å². The van der Waals surface area contributed by atoms with E-state index in [4.69, 9.17) is 4.42 Å². The van der Waals surface area contributed by atoms with Crippen LogP contribution in [-0.4, -0.2) is 42.9 Å². The van der Waals surface area contributed by atoms with E-state index in [0.717, 1.165) is 37.5 Å². The average Bonchev–Trinajstić information content (AvgIpc) is 3.25. The van der Waals surface area contributed by atoms with Crippen molar-refractivity contribution in [2.24, 2.45) is 5.92 Å². The van der Waals surface area contributed by atoms with Crippen LogP contribution in [0, 0.1) is 12.8 Å². The number of nitrogens with zero attached hydrogens (tertiary/aromatic N) is 1. The number of aryl methyl sites for hydroxylation is 1. The zero-order chi connectivity index (χ0) is 21.3. The molecule has 160 valence electrons. The standard InChI is InChI=1S/C24H31N3O3/c1-18-6-8-20(9-7-18)23(28)26-22(17-21-5-3-16-30-21)24(29)25-12-4-13-27-14-10-19(2)11-15-27/h3,5-9,16-17,19H,4,10-15H2,1-2H3,(H,25,29)(H,26,28)/b22-17-. The van der Waals surface area contributed by atoms with E-state index in [1.165, 1.54) is 19.1 Å². The molecule has 1 fully saturated rings. The van der Waals surface area contributed by atoms with Crippen LogP contribution in [0.15, 0.2) is 52.8 Å². The number of carbonyl (C=O) groups excluding carboxylic acids is 2. The van der Waals surface area contributed by atoms with Gasteiger partial charge in [0.15, 0.2) is 0 Å². The molecule has 2 amide bonds. The fraction of sp³-hybridized carbons (Fsp3) is 0.417. The molecule has 1 saturated heterocycles. The number of furan rings is 1. The van der Waals surface area contributed by atoms with Gasteiger partial charge < -0.3 is 20.0 Å². The second kappa shape index (κ2) is 10.8. The van der Waals surface area contributed by atoms with Crippen LogP contribution in [0.1, 0.15) is 47.9 Å². The predicted molar refractivity (Wildman–Crippen MR) is 118 cm³/mol. The van der Waals surface area contributed by atoms with Gasteiger partial charge in [0.05, 0.1) is 6.26 Å². The number of hydrogen-bond acceptors (Lipinski definition) is 4. The molecule has 6 heteroatoms. The van der Waals surface area contributed by atoms with E-state index < -0.39 is 0 Å². The zero-order valence-corrected chi connectivity index (χ0v) is 17.8. The Bertz CT molecular complexity index is 848. The molecule has 2 aromatic rings. The first-order chi connectivity index (χ1) is 14.5. The molecule has 1 aliphatic rings. The molecule has 2 heterocycles. The van der Waals surface area contributed by atoms with Crippen molar-refractivity contribution in [1.29, 1.82) is 0 Å². The Kier molecular flexibility index (Phi) is 7.85. The average molecular weight is 410 g/mol. The van der Waals surface area contributed by atoms with Gasteiger partial charge in [0, 0.05) is 18.2 Å². The maximum atomic E-state index is 12.7. The maximum Gasteiger partial charge on any atom is 0.267 e. The van der Waals surface area contributed by atoms with Crippen LogP contribution < -0.4 is 10.6 Å². The summed E-state index contributed by atoms with van der Waals surface area (Å²) < 4.78 is 5.32. The second-order valence-electron chi connectivity index (χ2n) is 8.03. The SMILES string of the molecule is Cc1ccc(C(=O)N/C(=C\c2ccco2)C(=O)NCCCN2CCC(C)CC2)cc1. The molecule has 0 spiro atoms. The van der Waals surface area contributed by atoms with Crippen molar-refractivity contribution in [3.8, 4) is 0 Å². The van der Waals surface area contributed by atoms with E-state index in [1.807, 2.05) is 19.1 Å². The molecular formula is C24H31N3O3. The lowest BCUT2D eigenvalue weighted by Gasteiger charge is -2.30. The number of carbonyl (C=O) groups is 2. The summed E-state index contributed by atoms with van der Waals surface area (Å²) in [6, 6.07) is 10.7. The monoisotopic (exact) mass is 409 g/mol. The predicted octanol–water partition coefficient (Wildman–Crippen LogP) is 3.60. The van der Waals surface area contributed by atoms with Crippen molar-refractivity contribution in [3.05, 3.63) is 65.2 Å². The molecule has 0 saturated carbocycles. The number of rotatable bonds is 8. The summed E-state index contributed by atoms with van der Waals surface area (Å²) in [4.78, 5) is 27.8. The van der Waals surface area contributed by atoms with Gasteiger partial charge in [-0.2, -0.15) is 0 Å². The minimum absolute atomic E-state index is 0.169. The highest BCUT2D eigenvalue weighted by Crippen LogP contribution is 2.15. The molecular weight excluding hydrogens is 378 g/mol. The third-order valence-corrected chi connectivity index (χ3v) is 5.45. The van der Waals surface area contributed by atoms with Crippen LogP contribution in [0.4, 0.5) is 0 Å². The minimum atomic E-state index is -0.328. The fourth-order valence-electron chi connectivity index (χ4n) is 3.46. The minimum Gasteiger partial charge on any atom is -0.465 e. The van der Waals surface area contributed by atoms with E-state index in [1.54, 1.807) is 30.3 Å². The molecule has 1 aromatic carbocycles. The van der Waals surface area contributed by atoms with Crippen LogP contribution in [-0.2, 0) is 4.79 Å². The summed E-state index contributed by atoms with van der Waals surface area (Å²) in [7, 11) is 0. The topological polar surface area (TPSA) is 74.6 Å². The number of benzene rings is 1. The largest absolute Gasteiger partial charge is 0.465 e. The smallest absolute Gasteiger partial charge is 0.267 e. The Morgan fingerprint density at radius 3 is 2.57 bits per heavy atom. The first-order valence-corrected chi connectivity index (χ1v) is 10.6. The normalized spacial score (nSPS) is 15.7. The Balaban J connectivity index is 1.56. The van der Waals surface area contributed by atoms with Gasteiger partial charge in [0.1, 0.15) is 11.5 Å². The van der Waals surface area contributed by atoms with Gasteiger partial charge in [-0.05, 0) is 76.0 Å². The zero-order valence-electron chi connectivity index (χ0n) is 17.8. The van der Waals surface area contributed by atoms with Crippen molar-refractivity contribution in [3.63, 3.8) is 0 Å². The Labute approximate surface area is 178 Å². The summed E-state index contributed by atoms with van der Waals surface area (Å²) >= 11 is 0. The van der Waals surface area contributed by atoms with Gasteiger partial charge in [0.2, 0.25) is 0 Å². The van der Waals surface area contributed by atoms with Crippen molar-refractivity contribution < 1.29 is 14.0 Å². The van der Waals surface area contributed by atoms with Crippen molar-refractivity contribution in [1.82, 2.24) is 15.5 Å². The highest BCUT2D eigenvalue weighted by molar-refractivity contribution is 6.05. The summed E-state index contributed by atoms with van der Waals surface area (Å²) in [5.41, 5.74) is 1.74. The molecule has 0 aliphatic carbocycles. The molecule has 3 rings (SSSR count). The van der Waals surface area contributed by atoms with E-state index in [2.05, 4.69) is 22.5 Å². The molecule has 1 aromatic heterocycles. The Morgan fingerprint density at radius 1 is 1.17 bits per heavy atom. The lowest BCUT2D eigenvalue weighted by atomic mass is 9.99. The Morgan fingerprint density at radius 2 is 1.90 bits per heavy atom. The molecule has 30 heavy (non-hydrogen) atoms. The Hall–Kier alpha value is -2.86. The van der Waals surface area contributed by atoms with Crippen LogP contribution in [0.3, 0.4) is 0 Å². The first-order valence-electron chi connectivity index (χ1n) is 10.6. The quantitative estimate of drug-likeness (QED) is 0.516. The van der Waals surface area contributed by atoms with Gasteiger partial charge >= 0.3 is 0 Å². The molecule has 0 unspecified atom stereocenters. The molecule has 6 nitrogen and oxygen atoms in total. The third kappa shape index (κ3) is 6.59. The molecule has 1 aliphatic heterocycles. The lowest BCUT2D eigenvalue weighted by Crippen LogP contribution is -2.37. The summed E-state index contributed by atoms with van der Waals surface area (Å²) in [6.07, 6.45) is 6.44. The second-order valence-corrected chi connectivity index (χ2v) is 8.03. The van der Waals surface area contributed by atoms with E-state index >= 15 is 0 Å². The van der Waals surface area contributed by atoms with Crippen molar-refractivity contribution in [2.75, 3.05) is 26.2 Å². The summed E-state index contributed by atoms with van der Waals surface area (Å²) in [5, 5.41) is 5.64. The maximum absolute atomic E-state index is 12.7. The number of piperidine rings is 1. The number of hydrogen-bond donors (Lipinski definition) is 2. The third-order valence-electron chi connectivity index (χ3n) is 5.45. The van der Waals surface area contributed by atoms with Crippen LogP contribution >= 0.6 is 0 Å². The highest BCUT2D eigenvalue weighted by Gasteiger charge is 2.17.